The van der Waals surface area contributed by atoms with Gasteiger partial charge in [0.15, 0.2) is 5.82 Å². The zero-order chi connectivity index (χ0) is 19.9. The van der Waals surface area contributed by atoms with Crippen LogP contribution in [-0.4, -0.2) is 16.0 Å². The molecule has 144 valence electrons. The third kappa shape index (κ3) is 3.54. The number of carbonyl (C=O) groups excluding carboxylic acids is 1. The number of hydrogen-bond donors (Lipinski definition) is 1. The van der Waals surface area contributed by atoms with E-state index < -0.39 is 0 Å². The number of aromatic nitrogens is 2. The number of amides is 1. The Morgan fingerprint density at radius 1 is 1.21 bits per heavy atom. The fourth-order valence-corrected chi connectivity index (χ4v) is 3.67. The molecule has 1 amide bonds. The molecule has 1 unspecified atom stereocenters. The number of carbonyl (C=O) groups is 1. The van der Waals surface area contributed by atoms with Crippen LogP contribution in [0.2, 0.25) is 5.02 Å². The summed E-state index contributed by atoms with van der Waals surface area (Å²) in [6.45, 7) is 6.05. The molecule has 0 saturated carbocycles. The van der Waals surface area contributed by atoms with Crippen LogP contribution >= 0.6 is 11.6 Å². The molecule has 1 heterocycles. The first kappa shape index (κ1) is 18.7. The molecule has 1 aliphatic carbocycles. The van der Waals surface area contributed by atoms with Gasteiger partial charge >= 0.3 is 0 Å². The van der Waals surface area contributed by atoms with Crippen LogP contribution in [0.4, 0.5) is 0 Å². The molecule has 1 atom stereocenters. The van der Waals surface area contributed by atoms with E-state index in [1.807, 2.05) is 57.2 Å². The molecule has 0 aliphatic heterocycles. The highest BCUT2D eigenvalue weighted by Crippen LogP contribution is 2.33. The van der Waals surface area contributed by atoms with E-state index in [-0.39, 0.29) is 17.4 Å². The van der Waals surface area contributed by atoms with E-state index in [1.54, 1.807) is 6.07 Å². The number of hydrogen-bond acceptors (Lipinski definition) is 4. The highest BCUT2D eigenvalue weighted by molar-refractivity contribution is 6.30. The molecule has 0 saturated heterocycles. The quantitative estimate of drug-likeness (QED) is 0.669. The highest BCUT2D eigenvalue weighted by Gasteiger charge is 2.27. The monoisotopic (exact) mass is 395 g/mol. The van der Waals surface area contributed by atoms with Crippen LogP contribution in [-0.2, 0) is 11.8 Å². The first-order valence-electron chi connectivity index (χ1n) is 9.36. The molecule has 1 aliphatic rings. The van der Waals surface area contributed by atoms with Gasteiger partial charge in [-0.15, -0.1) is 0 Å². The standard InChI is InChI=1S/C22H22ClN3O2/c1-22(2,3)21-25-20(28-26-21)17-7-5-4-6-16(17)19(27)24-18-11-8-13-12-14(23)9-10-15(13)18/h4-7,9-10,12,18H,8,11H2,1-3H3,(H,24,27). The van der Waals surface area contributed by atoms with Gasteiger partial charge in [0.25, 0.3) is 11.8 Å². The lowest BCUT2D eigenvalue weighted by molar-refractivity contribution is 0.0937. The second-order valence-electron chi connectivity index (χ2n) is 8.13. The van der Waals surface area contributed by atoms with Crippen molar-refractivity contribution in [2.75, 3.05) is 0 Å². The maximum absolute atomic E-state index is 13.0. The van der Waals surface area contributed by atoms with Gasteiger partial charge in [-0.1, -0.05) is 55.7 Å². The summed E-state index contributed by atoms with van der Waals surface area (Å²) in [5.74, 6) is 0.812. The van der Waals surface area contributed by atoms with Gasteiger partial charge in [-0.2, -0.15) is 4.98 Å². The Kier molecular flexibility index (Phi) is 4.71. The van der Waals surface area contributed by atoms with Crippen LogP contribution < -0.4 is 5.32 Å². The molecule has 4 rings (SSSR count). The van der Waals surface area contributed by atoms with Gasteiger partial charge in [0.2, 0.25) is 0 Å². The Balaban J connectivity index is 1.61. The van der Waals surface area contributed by atoms with Crippen molar-refractivity contribution in [3.05, 3.63) is 70.0 Å². The van der Waals surface area contributed by atoms with Crippen LogP contribution in [0.15, 0.2) is 47.0 Å². The van der Waals surface area contributed by atoms with Crippen molar-refractivity contribution in [2.45, 2.75) is 45.1 Å². The summed E-state index contributed by atoms with van der Waals surface area (Å²) in [6.07, 6.45) is 1.76. The second kappa shape index (κ2) is 7.06. The summed E-state index contributed by atoms with van der Waals surface area (Å²) < 4.78 is 5.45. The minimum Gasteiger partial charge on any atom is -0.345 e. The number of benzene rings is 2. The van der Waals surface area contributed by atoms with Gasteiger partial charge in [0, 0.05) is 10.4 Å². The Labute approximate surface area is 169 Å². The topological polar surface area (TPSA) is 68.0 Å². The molecule has 0 spiro atoms. The first-order valence-corrected chi connectivity index (χ1v) is 9.73. The van der Waals surface area contributed by atoms with Crippen LogP contribution in [0.5, 0.6) is 0 Å². The average molecular weight is 396 g/mol. The predicted molar refractivity (Wildman–Crippen MR) is 108 cm³/mol. The van der Waals surface area contributed by atoms with Gasteiger partial charge < -0.3 is 9.84 Å². The molecule has 0 radical (unpaired) electrons. The number of nitrogens with zero attached hydrogens (tertiary/aromatic N) is 2. The van der Waals surface area contributed by atoms with Crippen molar-refractivity contribution >= 4 is 17.5 Å². The normalized spacial score (nSPS) is 16.1. The van der Waals surface area contributed by atoms with Crippen LogP contribution in [0.3, 0.4) is 0 Å². The second-order valence-corrected chi connectivity index (χ2v) is 8.56. The van der Waals surface area contributed by atoms with Gasteiger partial charge in [0.1, 0.15) is 0 Å². The smallest absolute Gasteiger partial charge is 0.258 e. The largest absolute Gasteiger partial charge is 0.345 e. The number of fused-ring (bicyclic) bond motifs is 1. The summed E-state index contributed by atoms with van der Waals surface area (Å²) in [5, 5.41) is 7.95. The first-order chi connectivity index (χ1) is 13.3. The van der Waals surface area contributed by atoms with E-state index in [0.717, 1.165) is 23.4 Å². The van der Waals surface area contributed by atoms with Gasteiger partial charge in [0.05, 0.1) is 17.2 Å². The highest BCUT2D eigenvalue weighted by atomic mass is 35.5. The molecule has 0 bridgehead atoms. The Hall–Kier alpha value is -2.66. The Bertz CT molecular complexity index is 1040. The van der Waals surface area contributed by atoms with Crippen molar-refractivity contribution in [1.82, 2.24) is 15.5 Å². The molecule has 6 heteroatoms. The van der Waals surface area contributed by atoms with Crippen molar-refractivity contribution in [2.24, 2.45) is 0 Å². The molecule has 0 fully saturated rings. The zero-order valence-corrected chi connectivity index (χ0v) is 16.9. The SMILES string of the molecule is CC(C)(C)c1noc(-c2ccccc2C(=O)NC2CCc3cc(Cl)ccc32)n1. The van der Waals surface area contributed by atoms with E-state index in [2.05, 4.69) is 15.5 Å². The van der Waals surface area contributed by atoms with E-state index in [9.17, 15) is 4.79 Å². The summed E-state index contributed by atoms with van der Waals surface area (Å²) in [4.78, 5) is 17.5. The van der Waals surface area contributed by atoms with Crippen LogP contribution in [0, 0.1) is 0 Å². The lowest BCUT2D eigenvalue weighted by Gasteiger charge is -2.15. The maximum atomic E-state index is 13.0. The van der Waals surface area contributed by atoms with Gasteiger partial charge in [-0.05, 0) is 48.2 Å². The van der Waals surface area contributed by atoms with E-state index >= 15 is 0 Å². The zero-order valence-electron chi connectivity index (χ0n) is 16.1. The lowest BCUT2D eigenvalue weighted by Crippen LogP contribution is -2.27. The number of nitrogens with one attached hydrogen (secondary N) is 1. The fraction of sp³-hybridized carbons (Fsp3) is 0.318. The molecular weight excluding hydrogens is 374 g/mol. The van der Waals surface area contributed by atoms with Gasteiger partial charge in [-0.3, -0.25) is 4.79 Å². The van der Waals surface area contributed by atoms with E-state index in [1.165, 1.54) is 5.56 Å². The molecular formula is C22H22ClN3O2. The van der Waals surface area contributed by atoms with Crippen LogP contribution in [0.25, 0.3) is 11.5 Å². The lowest BCUT2D eigenvalue weighted by atomic mass is 9.96. The number of aryl methyl sites for hydroxylation is 1. The fourth-order valence-electron chi connectivity index (χ4n) is 3.48. The number of rotatable bonds is 3. The number of halogens is 1. The van der Waals surface area contributed by atoms with Crippen LogP contribution in [0.1, 0.15) is 60.5 Å². The molecule has 5 nitrogen and oxygen atoms in total. The molecule has 28 heavy (non-hydrogen) atoms. The average Bonchev–Trinajstić information content (AvgIpc) is 3.29. The van der Waals surface area contributed by atoms with E-state index in [0.29, 0.717) is 22.8 Å². The summed E-state index contributed by atoms with van der Waals surface area (Å²) in [6, 6.07) is 13.1. The summed E-state index contributed by atoms with van der Waals surface area (Å²) >= 11 is 6.08. The van der Waals surface area contributed by atoms with Crippen molar-refractivity contribution < 1.29 is 9.32 Å². The predicted octanol–water partition coefficient (Wildman–Crippen LogP) is 5.10. The van der Waals surface area contributed by atoms with Crippen molar-refractivity contribution in [3.8, 4) is 11.5 Å². The summed E-state index contributed by atoms with van der Waals surface area (Å²) in [5.41, 5.74) is 3.25. The van der Waals surface area contributed by atoms with Crippen molar-refractivity contribution in [1.29, 1.82) is 0 Å². The third-order valence-corrected chi connectivity index (χ3v) is 5.22. The minimum atomic E-state index is -0.228. The molecule has 1 aromatic heterocycles. The molecule has 1 N–H and O–H groups in total. The minimum absolute atomic E-state index is 0.0272. The van der Waals surface area contributed by atoms with E-state index in [4.69, 9.17) is 16.1 Å². The Morgan fingerprint density at radius 2 is 2.00 bits per heavy atom. The maximum Gasteiger partial charge on any atom is 0.258 e. The summed E-state index contributed by atoms with van der Waals surface area (Å²) in [7, 11) is 0. The van der Waals surface area contributed by atoms with Crippen molar-refractivity contribution in [3.63, 3.8) is 0 Å². The molecule has 3 aromatic rings. The molecule has 2 aromatic carbocycles. The third-order valence-electron chi connectivity index (χ3n) is 4.99. The Morgan fingerprint density at radius 3 is 2.75 bits per heavy atom. The van der Waals surface area contributed by atoms with Gasteiger partial charge in [-0.25, -0.2) is 0 Å².